The second-order valence-electron chi connectivity index (χ2n) is 13.9. The van der Waals surface area contributed by atoms with E-state index in [1.807, 2.05) is 0 Å². The minimum atomic E-state index is -1.98. The summed E-state index contributed by atoms with van der Waals surface area (Å²) in [6, 6.07) is -0.248. The molecule has 59 heavy (non-hydrogen) atoms. The van der Waals surface area contributed by atoms with Crippen molar-refractivity contribution in [2.75, 3.05) is 44.2 Å². The Morgan fingerprint density at radius 2 is 1.90 bits per heavy atom. The van der Waals surface area contributed by atoms with Gasteiger partial charge in [0.05, 0.1) is 55.2 Å². The van der Waals surface area contributed by atoms with E-state index in [-0.39, 0.29) is 54.0 Å². The fourth-order valence-corrected chi connectivity index (χ4v) is 9.20. The van der Waals surface area contributed by atoms with Crippen molar-refractivity contribution in [3.05, 3.63) is 56.2 Å². The van der Waals surface area contributed by atoms with Gasteiger partial charge < -0.3 is 60.6 Å². The molecule has 2 aromatic heterocycles. The molecular formula is C35H37FN8O13S2. The molecule has 6 rings (SSSR count). The first kappa shape index (κ1) is 42.3. The van der Waals surface area contributed by atoms with Crippen LogP contribution in [0.25, 0.3) is 10.9 Å². The van der Waals surface area contributed by atoms with Gasteiger partial charge in [0.15, 0.2) is 28.2 Å². The van der Waals surface area contributed by atoms with Crippen LogP contribution in [0.3, 0.4) is 0 Å². The number of anilines is 1. The number of carbonyl (C=O) groups is 6. The number of hydrogen-bond acceptors (Lipinski definition) is 16. The van der Waals surface area contributed by atoms with Gasteiger partial charge in [0.25, 0.3) is 17.7 Å². The molecule has 0 unspecified atom stereocenters. The number of quaternary nitrogens is 1. The van der Waals surface area contributed by atoms with Gasteiger partial charge in [0.2, 0.25) is 11.5 Å². The number of nitrogens with zero attached hydrogens (tertiary/aromatic N) is 5. The molecule has 3 amide bonds. The predicted octanol–water partition coefficient (Wildman–Crippen LogP) is -1.30. The molecule has 3 atom stereocenters. The number of carboxylic acid groups (broad SMARTS) is 3. The molecule has 3 aliphatic rings. The molecule has 1 aromatic carbocycles. The Labute approximate surface area is 340 Å². The number of aliphatic carboxylic acids is 3. The van der Waals surface area contributed by atoms with Gasteiger partial charge >= 0.3 is 11.9 Å². The Morgan fingerprint density at radius 3 is 2.51 bits per heavy atom. The summed E-state index contributed by atoms with van der Waals surface area (Å²) in [7, 11) is 0. The van der Waals surface area contributed by atoms with E-state index in [1.54, 1.807) is 6.92 Å². The molecule has 8 N–H and O–H groups in total. The number of thioether (sulfide) groups is 1. The second-order valence-corrected chi connectivity index (χ2v) is 15.9. The number of rotatable bonds is 16. The van der Waals surface area contributed by atoms with Crippen molar-refractivity contribution in [1.82, 2.24) is 25.1 Å². The number of β-lactam (4-membered cyclic amide) rings is 1. The number of amides is 3. The highest BCUT2D eigenvalue weighted by molar-refractivity contribution is 8.00. The van der Waals surface area contributed by atoms with Crippen LogP contribution in [0, 0.1) is 5.82 Å². The maximum absolute atomic E-state index is 15.0. The van der Waals surface area contributed by atoms with Crippen LogP contribution in [0.1, 0.15) is 42.2 Å². The summed E-state index contributed by atoms with van der Waals surface area (Å²) < 4.78 is 16.7. The number of benzene rings is 1. The van der Waals surface area contributed by atoms with Crippen LogP contribution in [-0.2, 0) is 35.4 Å². The zero-order valence-corrected chi connectivity index (χ0v) is 32.6. The number of likely N-dealkylation sites (tertiary alicyclic amines) is 1. The van der Waals surface area contributed by atoms with Gasteiger partial charge in [-0.25, -0.2) is 14.2 Å². The molecule has 0 saturated carbocycles. The smallest absolute Gasteiger partial charge is 0.348 e. The molecule has 3 aliphatic heterocycles. The summed E-state index contributed by atoms with van der Waals surface area (Å²) in [6.07, 6.45) is -0.187. The molecule has 0 bridgehead atoms. The van der Waals surface area contributed by atoms with Crippen LogP contribution in [-0.4, -0.2) is 137 Å². The normalized spacial score (nSPS) is 19.2. The molecule has 24 heteroatoms. The Bertz CT molecular complexity index is 2390. The first-order chi connectivity index (χ1) is 28.0. The lowest BCUT2D eigenvalue weighted by Gasteiger charge is -2.51. The molecule has 21 nitrogen and oxygen atoms in total. The highest BCUT2D eigenvalue weighted by Gasteiger charge is 2.54. The number of nitrogen functional groups attached to an aromatic ring is 1. The molecule has 5 heterocycles. The monoisotopic (exact) mass is 860 g/mol. The maximum Gasteiger partial charge on any atom is 0.348 e. The number of fused-ring (bicyclic) bond motifs is 2. The number of carbonyl (C=O) groups excluding carboxylic acids is 4. The summed E-state index contributed by atoms with van der Waals surface area (Å²) in [5, 5.41) is 59.3. The number of halogens is 1. The Kier molecular flexibility index (Phi) is 12.1. The van der Waals surface area contributed by atoms with E-state index in [4.69, 9.17) is 15.7 Å². The lowest BCUT2D eigenvalue weighted by molar-refractivity contribution is -0.911. The zero-order chi connectivity index (χ0) is 42.9. The van der Waals surface area contributed by atoms with Gasteiger partial charge in [-0.3, -0.25) is 28.9 Å². The number of aromatic hydroxyl groups is 2. The minimum absolute atomic E-state index is 0.000962. The average Bonchev–Trinajstić information content (AvgIpc) is 3.83. The van der Waals surface area contributed by atoms with Crippen molar-refractivity contribution in [3.63, 3.8) is 0 Å². The number of nitrogens with one attached hydrogen (secondary N) is 2. The van der Waals surface area contributed by atoms with Crippen molar-refractivity contribution >= 4 is 80.5 Å². The van der Waals surface area contributed by atoms with Crippen molar-refractivity contribution in [2.45, 2.75) is 50.3 Å². The fraction of sp³-hybridized carbons (Fsp3) is 0.400. The number of aryl methyl sites for hydroxylation is 1. The lowest BCUT2D eigenvalue weighted by atomic mass is 10.0. The molecule has 0 radical (unpaired) electrons. The van der Waals surface area contributed by atoms with Crippen LogP contribution < -0.4 is 26.9 Å². The van der Waals surface area contributed by atoms with Crippen LogP contribution >= 0.6 is 23.1 Å². The van der Waals surface area contributed by atoms with Crippen LogP contribution in [0.5, 0.6) is 11.5 Å². The average molecular weight is 861 g/mol. The van der Waals surface area contributed by atoms with Gasteiger partial charge in [0.1, 0.15) is 29.2 Å². The van der Waals surface area contributed by atoms with E-state index in [9.17, 15) is 58.4 Å². The van der Waals surface area contributed by atoms with E-state index in [2.05, 4.69) is 20.8 Å². The van der Waals surface area contributed by atoms with E-state index in [0.717, 1.165) is 35.1 Å². The summed E-state index contributed by atoms with van der Waals surface area (Å²) in [6.45, 7) is 3.52. The van der Waals surface area contributed by atoms with Crippen molar-refractivity contribution < 1.29 is 68.0 Å². The standard InChI is InChI=1S/C35H37FN8O13S2/c1-2-42-11-16(27(48)22-18(42)9-19(45)28(49)23(22)36)29(50)38-5-8-44(6-3-4-7-44)12-15-13-58-32-25(31(52)43(32)26(15)34(55)56)40-30(51)24(17-14-59-35(37)39-17)41-57-20(33(53)54)10-21(46)47/h9,11,14,20,25,32H,2-8,10,12-13H2,1H3,(H8-,37,38,39,40,41,45,46,47,48,49,50,51,53,54,55,56)/t20-,25+,32+/m0/s1. The number of phenols is 2. The molecule has 2 fully saturated rings. The molecular weight excluding hydrogens is 824 g/mol. The number of thiazole rings is 1. The van der Waals surface area contributed by atoms with Gasteiger partial charge in [-0.15, -0.1) is 23.1 Å². The molecule has 2 saturated heterocycles. The number of carboxylic acids is 3. The first-order valence-electron chi connectivity index (χ1n) is 18.0. The van der Waals surface area contributed by atoms with E-state index >= 15 is 0 Å². The van der Waals surface area contributed by atoms with Gasteiger partial charge in [-0.2, -0.15) is 0 Å². The number of nitrogens with two attached hydrogens (primary N) is 1. The quantitative estimate of drug-likeness (QED) is 0.0290. The Balaban J connectivity index is 1.17. The van der Waals surface area contributed by atoms with E-state index in [0.29, 0.717) is 23.1 Å². The van der Waals surface area contributed by atoms with Crippen molar-refractivity contribution in [1.29, 1.82) is 0 Å². The Hall–Kier alpha value is -6.27. The Morgan fingerprint density at radius 1 is 1.19 bits per heavy atom. The van der Waals surface area contributed by atoms with Gasteiger partial charge in [0, 0.05) is 48.4 Å². The van der Waals surface area contributed by atoms with Crippen LogP contribution in [0.2, 0.25) is 0 Å². The van der Waals surface area contributed by atoms with Gasteiger partial charge in [-0.1, -0.05) is 5.16 Å². The van der Waals surface area contributed by atoms with Crippen LogP contribution in [0.4, 0.5) is 9.52 Å². The lowest BCUT2D eigenvalue weighted by Crippen LogP contribution is -2.72. The molecule has 314 valence electrons. The summed E-state index contributed by atoms with van der Waals surface area (Å²) >= 11 is 2.07. The topological polar surface area (TPSA) is 316 Å². The van der Waals surface area contributed by atoms with Crippen molar-refractivity contribution in [3.8, 4) is 11.5 Å². The molecule has 3 aromatic rings. The fourth-order valence-electron chi connectivity index (χ4n) is 7.32. The summed E-state index contributed by atoms with van der Waals surface area (Å²) in [5.74, 6) is -10.6. The third-order valence-corrected chi connectivity index (χ3v) is 12.2. The number of phenolic OH excluding ortho intramolecular Hbond substituents is 2. The third-order valence-electron chi connectivity index (χ3n) is 10.2. The largest absolute Gasteiger partial charge is 0.543 e. The second kappa shape index (κ2) is 16.9. The van der Waals surface area contributed by atoms with E-state index in [1.165, 1.54) is 27.9 Å². The minimum Gasteiger partial charge on any atom is -0.543 e. The summed E-state index contributed by atoms with van der Waals surface area (Å²) in [4.78, 5) is 98.6. The molecule has 0 spiro atoms. The highest BCUT2D eigenvalue weighted by atomic mass is 32.2. The van der Waals surface area contributed by atoms with Crippen molar-refractivity contribution in [2.24, 2.45) is 5.16 Å². The first-order valence-corrected chi connectivity index (χ1v) is 19.9. The summed E-state index contributed by atoms with van der Waals surface area (Å²) in [5.41, 5.74) is 3.52. The number of aromatic nitrogens is 2. The van der Waals surface area contributed by atoms with Gasteiger partial charge in [-0.05, 0) is 6.92 Å². The molecule has 0 aliphatic carbocycles. The highest BCUT2D eigenvalue weighted by Crippen LogP contribution is 2.41. The number of pyridine rings is 1. The van der Waals surface area contributed by atoms with E-state index < -0.39 is 99.0 Å². The zero-order valence-electron chi connectivity index (χ0n) is 31.0. The SMILES string of the molecule is CCn1cc(C(=O)NCC[N+]2(CC3=C(C(=O)[O-])N4C(=O)[C@@H](NC(=O)/C(=N\O[C@@H](CC(=O)O)C(=O)O)c5csc(N)n5)[C@H]4SC3)CCCC2)c(=O)c2c(F)c(O)c(O)cc21. The number of oxime groups is 1. The third kappa shape index (κ3) is 8.36. The number of hydrogen-bond donors (Lipinski definition) is 7. The van der Waals surface area contributed by atoms with Crippen LogP contribution in [0.15, 0.2) is 38.9 Å². The maximum atomic E-state index is 15.0. The predicted molar refractivity (Wildman–Crippen MR) is 203 cm³/mol.